The fourth-order valence-electron chi connectivity index (χ4n) is 0.759. The third-order valence-corrected chi connectivity index (χ3v) is 2.81. The summed E-state index contributed by atoms with van der Waals surface area (Å²) in [5.41, 5.74) is 1.84. The maximum atomic E-state index is 5.60. The third kappa shape index (κ3) is 8.21. The van der Waals surface area contributed by atoms with Crippen molar-refractivity contribution in [3.63, 3.8) is 0 Å². The quantitative estimate of drug-likeness (QED) is 0.590. The van der Waals surface area contributed by atoms with Crippen LogP contribution in [0.1, 0.15) is 27.7 Å². The van der Waals surface area contributed by atoms with Crippen LogP contribution in [0.4, 0.5) is 0 Å². The third-order valence-electron chi connectivity index (χ3n) is 1.38. The smallest absolute Gasteiger partial charge is 0.347 e. The molecule has 13 heavy (non-hydrogen) atoms. The van der Waals surface area contributed by atoms with Gasteiger partial charge in [-0.15, -0.1) is 6.58 Å². The van der Waals surface area contributed by atoms with E-state index >= 15 is 0 Å². The van der Waals surface area contributed by atoms with E-state index in [1.165, 1.54) is 0 Å². The van der Waals surface area contributed by atoms with E-state index in [1.807, 2.05) is 5.70 Å². The summed E-state index contributed by atoms with van der Waals surface area (Å²) in [6, 6.07) is 0. The summed E-state index contributed by atoms with van der Waals surface area (Å²) in [5.74, 6) is 1.13. The molecule has 0 aromatic rings. The lowest BCUT2D eigenvalue weighted by Gasteiger charge is -2.15. The fourth-order valence-corrected chi connectivity index (χ4v) is 2.28. The highest BCUT2D eigenvalue weighted by atomic mass is 28.3. The predicted molar refractivity (Wildman–Crippen MR) is 58.9 cm³/mol. The molecule has 0 radical (unpaired) electrons. The second kappa shape index (κ2) is 7.30. The lowest BCUT2D eigenvalue weighted by Crippen LogP contribution is -2.24. The summed E-state index contributed by atoms with van der Waals surface area (Å²) < 4.78 is 11.2. The van der Waals surface area contributed by atoms with Crippen LogP contribution >= 0.6 is 0 Å². The fraction of sp³-hybridized carbons (Fsp3) is 0.800. The number of rotatable bonds is 7. The monoisotopic (exact) mass is 202 g/mol. The van der Waals surface area contributed by atoms with E-state index in [0.717, 1.165) is 13.2 Å². The number of hydrogen-bond donors (Lipinski definition) is 0. The molecule has 0 aliphatic heterocycles. The molecule has 0 aromatic carbocycles. The molecule has 0 spiro atoms. The van der Waals surface area contributed by atoms with Gasteiger partial charge in [-0.2, -0.15) is 0 Å². The summed E-state index contributed by atoms with van der Waals surface area (Å²) in [5, 5.41) is 0. The first-order chi connectivity index (χ1) is 6.06. The topological polar surface area (TPSA) is 18.5 Å². The Morgan fingerprint density at radius 3 is 1.69 bits per heavy atom. The Bertz CT molecular complexity index is 123. The Kier molecular flexibility index (Phi) is 7.23. The van der Waals surface area contributed by atoms with E-state index in [-0.39, 0.29) is 0 Å². The molecule has 2 nitrogen and oxygen atoms in total. The average molecular weight is 202 g/mol. The van der Waals surface area contributed by atoms with Crippen molar-refractivity contribution in [3.05, 3.63) is 12.3 Å². The van der Waals surface area contributed by atoms with Crippen molar-refractivity contribution >= 4 is 9.28 Å². The van der Waals surface area contributed by atoms with Gasteiger partial charge in [-0.05, 0) is 11.8 Å². The average Bonchev–Trinajstić information content (AvgIpc) is 2.04. The van der Waals surface area contributed by atoms with Gasteiger partial charge in [0.15, 0.2) is 0 Å². The molecular weight excluding hydrogens is 180 g/mol. The second-order valence-electron chi connectivity index (χ2n) is 4.06. The van der Waals surface area contributed by atoms with Crippen molar-refractivity contribution in [2.75, 3.05) is 13.2 Å². The Hall–Kier alpha value is -0.123. The van der Waals surface area contributed by atoms with Crippen LogP contribution in [0.3, 0.4) is 0 Å². The summed E-state index contributed by atoms with van der Waals surface area (Å²) >= 11 is 0. The summed E-state index contributed by atoms with van der Waals surface area (Å²) in [6.07, 6.45) is 0. The Morgan fingerprint density at radius 2 is 1.46 bits per heavy atom. The van der Waals surface area contributed by atoms with Crippen molar-refractivity contribution in [3.8, 4) is 0 Å². The first kappa shape index (κ1) is 12.9. The van der Waals surface area contributed by atoms with Gasteiger partial charge in [-0.3, -0.25) is 0 Å². The molecule has 0 unspecified atom stereocenters. The van der Waals surface area contributed by atoms with Crippen LogP contribution in [-0.4, -0.2) is 22.5 Å². The molecule has 0 N–H and O–H groups in total. The molecule has 3 heteroatoms. The molecule has 0 aliphatic rings. The van der Waals surface area contributed by atoms with Crippen LogP contribution in [0.2, 0.25) is 0 Å². The van der Waals surface area contributed by atoms with Gasteiger partial charge in [-0.25, -0.2) is 0 Å². The summed E-state index contributed by atoms with van der Waals surface area (Å²) in [4.78, 5) is 0. The lowest BCUT2D eigenvalue weighted by molar-refractivity contribution is 0.172. The van der Waals surface area contributed by atoms with Crippen LogP contribution in [0.5, 0.6) is 0 Å². The first-order valence-electron chi connectivity index (χ1n) is 4.92. The van der Waals surface area contributed by atoms with E-state index in [9.17, 15) is 0 Å². The highest BCUT2D eigenvalue weighted by Gasteiger charge is 2.09. The highest BCUT2D eigenvalue weighted by molar-refractivity contribution is 6.50. The first-order valence-corrected chi connectivity index (χ1v) is 6.53. The molecule has 0 fully saturated rings. The Labute approximate surface area is 83.8 Å². The van der Waals surface area contributed by atoms with Gasteiger partial charge < -0.3 is 8.85 Å². The predicted octanol–water partition coefficient (Wildman–Crippen LogP) is 2.28. The largest absolute Gasteiger partial charge is 0.393 e. The molecule has 0 saturated heterocycles. The van der Waals surface area contributed by atoms with Gasteiger partial charge in [0.2, 0.25) is 0 Å². The summed E-state index contributed by atoms with van der Waals surface area (Å²) in [7, 11) is -1.56. The normalized spacial score (nSPS) is 11.6. The van der Waals surface area contributed by atoms with Gasteiger partial charge in [0.05, 0.1) is 0 Å². The van der Waals surface area contributed by atoms with Crippen LogP contribution in [0, 0.1) is 11.8 Å². The van der Waals surface area contributed by atoms with E-state index in [4.69, 9.17) is 8.85 Å². The van der Waals surface area contributed by atoms with Crippen LogP contribution in [0.15, 0.2) is 12.3 Å². The molecule has 0 bridgehead atoms. The molecule has 78 valence electrons. The zero-order chi connectivity index (χ0) is 10.3. The Morgan fingerprint density at radius 1 is 1.08 bits per heavy atom. The maximum absolute atomic E-state index is 5.60. The van der Waals surface area contributed by atoms with E-state index in [2.05, 4.69) is 34.3 Å². The minimum absolute atomic E-state index is 0.567. The molecular formula is C10H22O2Si. The van der Waals surface area contributed by atoms with Gasteiger partial charge in [-0.1, -0.05) is 33.4 Å². The zero-order valence-electron chi connectivity index (χ0n) is 9.25. The van der Waals surface area contributed by atoms with Crippen molar-refractivity contribution in [2.24, 2.45) is 11.8 Å². The molecule has 0 rings (SSSR count). The minimum atomic E-state index is -1.56. The second-order valence-corrected chi connectivity index (χ2v) is 5.93. The highest BCUT2D eigenvalue weighted by Crippen LogP contribution is 2.00. The van der Waals surface area contributed by atoms with Gasteiger partial charge in [0.25, 0.3) is 0 Å². The molecule has 0 saturated carbocycles. The van der Waals surface area contributed by atoms with E-state index in [1.54, 1.807) is 0 Å². The summed E-state index contributed by atoms with van der Waals surface area (Å²) in [6.45, 7) is 13.8. The van der Waals surface area contributed by atoms with Crippen LogP contribution < -0.4 is 0 Å². The zero-order valence-corrected chi connectivity index (χ0v) is 10.4. The molecule has 0 aromatic heterocycles. The standard InChI is InChI=1S/C10H22O2Si/c1-6-13(11-7-9(2)3)12-8-10(4)5/h6,9-10,13H,1,7-8H2,2-5H3. The van der Waals surface area contributed by atoms with Crippen LogP contribution in [-0.2, 0) is 8.85 Å². The SMILES string of the molecule is C=C[SiH](OCC(C)C)OCC(C)C. The van der Waals surface area contributed by atoms with Crippen molar-refractivity contribution < 1.29 is 8.85 Å². The molecule has 0 heterocycles. The van der Waals surface area contributed by atoms with Crippen molar-refractivity contribution in [2.45, 2.75) is 27.7 Å². The van der Waals surface area contributed by atoms with E-state index in [0.29, 0.717) is 11.8 Å². The van der Waals surface area contributed by atoms with Crippen LogP contribution in [0.25, 0.3) is 0 Å². The minimum Gasteiger partial charge on any atom is -0.393 e. The molecule has 0 aliphatic carbocycles. The lowest BCUT2D eigenvalue weighted by atomic mass is 10.2. The maximum Gasteiger partial charge on any atom is 0.347 e. The number of hydrogen-bond acceptors (Lipinski definition) is 2. The molecule has 0 atom stereocenters. The van der Waals surface area contributed by atoms with Gasteiger partial charge in [0.1, 0.15) is 0 Å². The van der Waals surface area contributed by atoms with Gasteiger partial charge in [0, 0.05) is 13.2 Å². The van der Waals surface area contributed by atoms with Crippen molar-refractivity contribution in [1.82, 2.24) is 0 Å². The van der Waals surface area contributed by atoms with Crippen molar-refractivity contribution in [1.29, 1.82) is 0 Å². The van der Waals surface area contributed by atoms with Gasteiger partial charge >= 0.3 is 9.28 Å². The Balaban J connectivity index is 3.57. The van der Waals surface area contributed by atoms with E-state index < -0.39 is 9.28 Å². The molecule has 0 amide bonds.